The van der Waals surface area contributed by atoms with Gasteiger partial charge in [-0.2, -0.15) is 0 Å². The summed E-state index contributed by atoms with van der Waals surface area (Å²) >= 11 is 0. The summed E-state index contributed by atoms with van der Waals surface area (Å²) in [7, 11) is -3.99. The van der Waals surface area contributed by atoms with E-state index in [1.54, 1.807) is 36.4 Å². The highest BCUT2D eigenvalue weighted by Gasteiger charge is 2.24. The Labute approximate surface area is 138 Å². The molecule has 0 saturated heterocycles. The predicted octanol–water partition coefficient (Wildman–Crippen LogP) is 3.18. The number of hydrogen-bond donors (Lipinski definition) is 1. The molecule has 0 bridgehead atoms. The molecule has 0 amide bonds. The third kappa shape index (κ3) is 3.01. The summed E-state index contributed by atoms with van der Waals surface area (Å²) < 4.78 is 52.3. The monoisotopic (exact) mass is 348 g/mol. The summed E-state index contributed by atoms with van der Waals surface area (Å²) in [5.41, 5.74) is 0.250. The molecule has 7 heteroatoms. The second-order valence-corrected chi connectivity index (χ2v) is 7.13. The number of halogens is 2. The quantitative estimate of drug-likeness (QED) is 0.582. The van der Waals surface area contributed by atoms with Crippen molar-refractivity contribution in [3.63, 3.8) is 0 Å². The number of nitrogens with zero attached hydrogens (tertiary/aromatic N) is 1. The number of hydrazine groups is 1. The fourth-order valence-corrected chi connectivity index (χ4v) is 3.74. The van der Waals surface area contributed by atoms with Gasteiger partial charge in [-0.05, 0) is 29.1 Å². The van der Waals surface area contributed by atoms with Gasteiger partial charge in [-0.1, -0.05) is 42.5 Å². The van der Waals surface area contributed by atoms with Gasteiger partial charge in [0, 0.05) is 5.39 Å². The molecule has 3 aromatic carbocycles. The van der Waals surface area contributed by atoms with Crippen molar-refractivity contribution in [1.29, 1.82) is 0 Å². The molecule has 0 aliphatic carbocycles. The number of rotatable bonds is 4. The first kappa shape index (κ1) is 16.5. The van der Waals surface area contributed by atoms with Crippen LogP contribution in [0.5, 0.6) is 0 Å². The Kier molecular flexibility index (Phi) is 4.31. The molecule has 0 radical (unpaired) electrons. The highest BCUT2D eigenvalue weighted by atomic mass is 32.2. The Morgan fingerprint density at radius 3 is 2.38 bits per heavy atom. The van der Waals surface area contributed by atoms with E-state index in [-0.39, 0.29) is 17.0 Å². The average molecular weight is 348 g/mol. The van der Waals surface area contributed by atoms with Crippen molar-refractivity contribution in [2.24, 2.45) is 5.84 Å². The molecule has 0 heterocycles. The standard InChI is InChI=1S/C17H14F2N2O2S/c18-15-9-8-12(10-16(15)19)11-21(20)24(22,23)17-7-3-5-13-4-1-2-6-14(13)17/h1-10H,11,20H2. The lowest BCUT2D eigenvalue weighted by Gasteiger charge is -2.18. The molecule has 2 N–H and O–H groups in total. The van der Waals surface area contributed by atoms with Crippen molar-refractivity contribution >= 4 is 20.8 Å². The molecule has 0 unspecified atom stereocenters. The van der Waals surface area contributed by atoms with Gasteiger partial charge in [0.2, 0.25) is 0 Å². The Balaban J connectivity index is 1.98. The van der Waals surface area contributed by atoms with E-state index < -0.39 is 21.7 Å². The lowest BCUT2D eigenvalue weighted by atomic mass is 10.1. The van der Waals surface area contributed by atoms with Crippen molar-refractivity contribution in [2.45, 2.75) is 11.4 Å². The van der Waals surface area contributed by atoms with Gasteiger partial charge in [-0.25, -0.2) is 17.2 Å². The van der Waals surface area contributed by atoms with Crippen molar-refractivity contribution in [3.8, 4) is 0 Å². The van der Waals surface area contributed by atoms with Crippen molar-refractivity contribution < 1.29 is 17.2 Å². The Morgan fingerprint density at radius 1 is 0.917 bits per heavy atom. The van der Waals surface area contributed by atoms with Gasteiger partial charge in [0.1, 0.15) is 0 Å². The van der Waals surface area contributed by atoms with E-state index in [0.717, 1.165) is 17.5 Å². The second-order valence-electron chi connectivity index (χ2n) is 5.28. The lowest BCUT2D eigenvalue weighted by molar-refractivity contribution is 0.420. The SMILES string of the molecule is NN(Cc1ccc(F)c(F)c1)S(=O)(=O)c1cccc2ccccc12. The predicted molar refractivity (Wildman–Crippen MR) is 87.2 cm³/mol. The fourth-order valence-electron chi connectivity index (χ4n) is 2.45. The average Bonchev–Trinajstić information content (AvgIpc) is 2.57. The van der Waals surface area contributed by atoms with E-state index in [4.69, 9.17) is 5.84 Å². The minimum atomic E-state index is -3.99. The normalized spacial score (nSPS) is 12.0. The molecule has 3 rings (SSSR count). The summed E-state index contributed by atoms with van der Waals surface area (Å²) in [5.74, 6) is 3.67. The van der Waals surface area contributed by atoms with Crippen LogP contribution in [0, 0.1) is 11.6 Å². The number of fused-ring (bicyclic) bond motifs is 1. The number of hydrogen-bond acceptors (Lipinski definition) is 3. The third-order valence-electron chi connectivity index (χ3n) is 3.66. The highest BCUT2D eigenvalue weighted by molar-refractivity contribution is 7.89. The molecule has 0 spiro atoms. The van der Waals surface area contributed by atoms with Crippen LogP contribution in [0.15, 0.2) is 65.6 Å². The maximum Gasteiger partial charge on any atom is 0.256 e. The van der Waals surface area contributed by atoms with Gasteiger partial charge in [-0.3, -0.25) is 5.84 Å². The Hall–Kier alpha value is -2.35. The van der Waals surface area contributed by atoms with E-state index in [1.165, 1.54) is 12.1 Å². The summed E-state index contributed by atoms with van der Waals surface area (Å²) in [6.45, 7) is -0.275. The van der Waals surface area contributed by atoms with Gasteiger partial charge >= 0.3 is 0 Å². The maximum atomic E-state index is 13.3. The second kappa shape index (κ2) is 6.27. The summed E-state index contributed by atoms with van der Waals surface area (Å²) in [4.78, 5) is 0.0608. The van der Waals surface area contributed by atoms with Crippen molar-refractivity contribution in [1.82, 2.24) is 4.41 Å². The number of benzene rings is 3. The van der Waals surface area contributed by atoms with Crippen LogP contribution in [-0.4, -0.2) is 12.8 Å². The van der Waals surface area contributed by atoms with Crippen LogP contribution >= 0.6 is 0 Å². The highest BCUT2D eigenvalue weighted by Crippen LogP contribution is 2.25. The van der Waals surface area contributed by atoms with Crippen LogP contribution < -0.4 is 5.84 Å². The fraction of sp³-hybridized carbons (Fsp3) is 0.0588. The molecule has 124 valence electrons. The first-order valence-electron chi connectivity index (χ1n) is 7.09. The number of nitrogens with two attached hydrogens (primary N) is 1. The zero-order chi connectivity index (χ0) is 17.3. The van der Waals surface area contributed by atoms with E-state index in [2.05, 4.69) is 0 Å². The van der Waals surface area contributed by atoms with Crippen LogP contribution in [0.25, 0.3) is 10.8 Å². The minimum absolute atomic E-state index is 0.0608. The largest absolute Gasteiger partial charge is 0.256 e. The smallest absolute Gasteiger partial charge is 0.254 e. The topological polar surface area (TPSA) is 63.4 Å². The first-order valence-corrected chi connectivity index (χ1v) is 8.53. The zero-order valence-corrected chi connectivity index (χ0v) is 13.3. The van der Waals surface area contributed by atoms with E-state index >= 15 is 0 Å². The Bertz CT molecular complexity index is 1000. The van der Waals surface area contributed by atoms with Gasteiger partial charge in [-0.15, -0.1) is 4.41 Å². The van der Waals surface area contributed by atoms with Crippen LogP contribution in [0.2, 0.25) is 0 Å². The van der Waals surface area contributed by atoms with Gasteiger partial charge in [0.05, 0.1) is 11.4 Å². The summed E-state index contributed by atoms with van der Waals surface area (Å²) in [6, 6.07) is 15.1. The molecule has 0 aliphatic rings. The van der Waals surface area contributed by atoms with Crippen molar-refractivity contribution in [2.75, 3.05) is 0 Å². The van der Waals surface area contributed by atoms with Crippen LogP contribution in [0.3, 0.4) is 0 Å². The maximum absolute atomic E-state index is 13.3. The molecule has 0 saturated carbocycles. The van der Waals surface area contributed by atoms with Crippen LogP contribution in [-0.2, 0) is 16.6 Å². The van der Waals surface area contributed by atoms with Gasteiger partial charge in [0.25, 0.3) is 10.0 Å². The van der Waals surface area contributed by atoms with E-state index in [0.29, 0.717) is 9.80 Å². The van der Waals surface area contributed by atoms with Gasteiger partial charge in [0.15, 0.2) is 11.6 Å². The summed E-state index contributed by atoms with van der Waals surface area (Å²) in [5, 5.41) is 1.31. The molecule has 0 aliphatic heterocycles. The van der Waals surface area contributed by atoms with Crippen LogP contribution in [0.4, 0.5) is 8.78 Å². The summed E-state index contributed by atoms with van der Waals surface area (Å²) in [6.07, 6.45) is 0. The van der Waals surface area contributed by atoms with E-state index in [9.17, 15) is 17.2 Å². The molecule has 24 heavy (non-hydrogen) atoms. The lowest BCUT2D eigenvalue weighted by Crippen LogP contribution is -2.36. The van der Waals surface area contributed by atoms with E-state index in [1.807, 2.05) is 0 Å². The number of sulfonamides is 1. The minimum Gasteiger partial charge on any atom is -0.254 e. The molecule has 0 atom stereocenters. The Morgan fingerprint density at radius 2 is 1.62 bits per heavy atom. The van der Waals surface area contributed by atoms with Crippen LogP contribution in [0.1, 0.15) is 5.56 Å². The first-order chi connectivity index (χ1) is 11.4. The zero-order valence-electron chi connectivity index (χ0n) is 12.5. The molecule has 0 fully saturated rings. The van der Waals surface area contributed by atoms with Crippen molar-refractivity contribution in [3.05, 3.63) is 77.9 Å². The molecular formula is C17H14F2N2O2S. The molecule has 3 aromatic rings. The van der Waals surface area contributed by atoms with Gasteiger partial charge < -0.3 is 0 Å². The molecule has 0 aromatic heterocycles. The molecule has 4 nitrogen and oxygen atoms in total. The third-order valence-corrected chi connectivity index (χ3v) is 5.32. The molecular weight excluding hydrogens is 334 g/mol.